The Balaban J connectivity index is 2.22. The molecule has 0 aliphatic carbocycles. The molecule has 0 bridgehead atoms. The molecule has 0 saturated heterocycles. The number of hydrogen-bond donors (Lipinski definition) is 1. The van der Waals surface area contributed by atoms with Crippen molar-refractivity contribution in [2.45, 2.75) is 6.54 Å². The lowest BCUT2D eigenvalue weighted by atomic mass is 10.1. The van der Waals surface area contributed by atoms with E-state index in [0.29, 0.717) is 17.9 Å². The van der Waals surface area contributed by atoms with E-state index in [4.69, 9.17) is 4.74 Å². The van der Waals surface area contributed by atoms with Gasteiger partial charge in [0, 0.05) is 33.5 Å². The number of nitrogens with one attached hydrogen (secondary N) is 1. The van der Waals surface area contributed by atoms with Crippen LogP contribution in [-0.4, -0.2) is 12.0 Å². The highest BCUT2D eigenvalue weighted by atomic mass is 127. The van der Waals surface area contributed by atoms with Gasteiger partial charge in [-0.3, -0.25) is 10.1 Å². The van der Waals surface area contributed by atoms with Crippen LogP contribution in [0.5, 0.6) is 5.75 Å². The Morgan fingerprint density at radius 2 is 2.10 bits per heavy atom. The van der Waals surface area contributed by atoms with Crippen molar-refractivity contribution in [1.29, 1.82) is 0 Å². The van der Waals surface area contributed by atoms with Crippen molar-refractivity contribution in [2.75, 3.05) is 12.4 Å². The first-order valence-electron chi connectivity index (χ1n) is 6.01. The number of nitro groups is 1. The van der Waals surface area contributed by atoms with E-state index in [0.717, 1.165) is 9.26 Å². The maximum atomic E-state index is 13.0. The first kappa shape index (κ1) is 15.5. The van der Waals surface area contributed by atoms with Crippen molar-refractivity contribution in [3.8, 4) is 5.75 Å². The van der Waals surface area contributed by atoms with E-state index in [1.165, 1.54) is 31.4 Å². The van der Waals surface area contributed by atoms with Gasteiger partial charge in [-0.05, 0) is 46.9 Å². The summed E-state index contributed by atoms with van der Waals surface area (Å²) in [6.07, 6.45) is 0. The molecular weight excluding hydrogens is 390 g/mol. The van der Waals surface area contributed by atoms with Crippen molar-refractivity contribution in [3.05, 3.63) is 61.5 Å². The van der Waals surface area contributed by atoms with Gasteiger partial charge in [-0.25, -0.2) is 4.39 Å². The predicted octanol–water partition coefficient (Wildman–Crippen LogP) is 3.96. The molecule has 2 aromatic rings. The number of anilines is 1. The summed E-state index contributed by atoms with van der Waals surface area (Å²) < 4.78 is 19.0. The molecule has 0 heterocycles. The number of halogens is 2. The molecule has 2 rings (SSSR count). The zero-order valence-corrected chi connectivity index (χ0v) is 13.3. The summed E-state index contributed by atoms with van der Waals surface area (Å²) in [5.74, 6) is 0.253. The lowest BCUT2D eigenvalue weighted by Gasteiger charge is -2.11. The highest BCUT2D eigenvalue weighted by molar-refractivity contribution is 14.1. The van der Waals surface area contributed by atoms with E-state index in [9.17, 15) is 14.5 Å². The molecule has 0 aliphatic rings. The van der Waals surface area contributed by atoms with Crippen LogP contribution >= 0.6 is 22.6 Å². The van der Waals surface area contributed by atoms with Crippen molar-refractivity contribution in [2.24, 2.45) is 0 Å². The summed E-state index contributed by atoms with van der Waals surface area (Å²) in [6, 6.07) is 8.81. The van der Waals surface area contributed by atoms with Crippen LogP contribution in [0.3, 0.4) is 0 Å². The number of non-ortho nitro benzene ring substituents is 1. The van der Waals surface area contributed by atoms with E-state index in [1.807, 2.05) is 22.6 Å². The van der Waals surface area contributed by atoms with Crippen molar-refractivity contribution >= 4 is 34.0 Å². The van der Waals surface area contributed by atoms with Crippen LogP contribution in [0.25, 0.3) is 0 Å². The Morgan fingerprint density at radius 3 is 2.71 bits per heavy atom. The van der Waals surface area contributed by atoms with E-state index in [2.05, 4.69) is 5.32 Å². The third-order valence-electron chi connectivity index (χ3n) is 2.88. The summed E-state index contributed by atoms with van der Waals surface area (Å²) in [5, 5.41) is 13.9. The highest BCUT2D eigenvalue weighted by Gasteiger charge is 2.11. The van der Waals surface area contributed by atoms with Gasteiger partial charge in [-0.15, -0.1) is 0 Å². The first-order chi connectivity index (χ1) is 10.0. The molecule has 0 aromatic heterocycles. The predicted molar refractivity (Wildman–Crippen MR) is 86.1 cm³/mol. The number of hydrogen-bond acceptors (Lipinski definition) is 4. The zero-order chi connectivity index (χ0) is 15.4. The van der Waals surface area contributed by atoms with Gasteiger partial charge in [0.15, 0.2) is 0 Å². The zero-order valence-electron chi connectivity index (χ0n) is 11.1. The van der Waals surface area contributed by atoms with Crippen LogP contribution in [-0.2, 0) is 6.54 Å². The quantitative estimate of drug-likeness (QED) is 0.467. The van der Waals surface area contributed by atoms with Crippen LogP contribution in [0, 0.1) is 19.5 Å². The minimum atomic E-state index is -0.454. The van der Waals surface area contributed by atoms with Gasteiger partial charge in [0.2, 0.25) is 0 Å². The molecule has 2 aromatic carbocycles. The maximum absolute atomic E-state index is 13.0. The second kappa shape index (κ2) is 6.70. The van der Waals surface area contributed by atoms with E-state index in [-0.39, 0.29) is 11.5 Å². The van der Waals surface area contributed by atoms with E-state index >= 15 is 0 Å². The maximum Gasteiger partial charge on any atom is 0.270 e. The van der Waals surface area contributed by atoms with Gasteiger partial charge in [0.1, 0.15) is 11.6 Å². The Hall–Kier alpha value is -1.90. The van der Waals surface area contributed by atoms with Crippen LogP contribution in [0.4, 0.5) is 15.8 Å². The second-order valence-corrected chi connectivity index (χ2v) is 5.39. The fourth-order valence-electron chi connectivity index (χ4n) is 1.84. The van der Waals surface area contributed by atoms with Gasteiger partial charge >= 0.3 is 0 Å². The van der Waals surface area contributed by atoms with Gasteiger partial charge in [0.05, 0.1) is 12.0 Å². The third-order valence-corrected chi connectivity index (χ3v) is 3.77. The molecule has 7 heteroatoms. The summed E-state index contributed by atoms with van der Waals surface area (Å²) in [6.45, 7) is 0.340. The largest absolute Gasteiger partial charge is 0.496 e. The molecule has 0 amide bonds. The van der Waals surface area contributed by atoms with Crippen molar-refractivity contribution in [3.63, 3.8) is 0 Å². The number of methoxy groups -OCH3 is 1. The average Bonchev–Trinajstić information content (AvgIpc) is 2.46. The first-order valence-corrected chi connectivity index (χ1v) is 7.09. The molecule has 0 saturated carbocycles. The smallest absolute Gasteiger partial charge is 0.270 e. The Bertz CT molecular complexity index is 679. The second-order valence-electron chi connectivity index (χ2n) is 4.23. The van der Waals surface area contributed by atoms with Crippen LogP contribution < -0.4 is 10.1 Å². The Kier molecular flexibility index (Phi) is 4.94. The van der Waals surface area contributed by atoms with Gasteiger partial charge in [0.25, 0.3) is 5.69 Å². The van der Waals surface area contributed by atoms with Crippen LogP contribution in [0.15, 0.2) is 36.4 Å². The standard InChI is InChI=1S/C14H12FIN2O3/c1-21-14-5-3-11(18(19)20)6-9(14)8-17-13-4-2-10(15)7-12(13)16/h2-7,17H,8H2,1H3. The molecule has 21 heavy (non-hydrogen) atoms. The molecule has 0 aliphatic heterocycles. The van der Waals surface area contributed by atoms with Gasteiger partial charge in [-0.2, -0.15) is 0 Å². The lowest BCUT2D eigenvalue weighted by molar-refractivity contribution is -0.384. The number of nitrogens with zero attached hydrogens (tertiary/aromatic N) is 1. The SMILES string of the molecule is COc1ccc([N+](=O)[O-])cc1CNc1ccc(F)cc1I. The van der Waals surface area contributed by atoms with Gasteiger partial charge in [-0.1, -0.05) is 0 Å². The van der Waals surface area contributed by atoms with E-state index in [1.54, 1.807) is 12.1 Å². The normalized spacial score (nSPS) is 10.2. The molecule has 0 fully saturated rings. The Labute approximate surface area is 134 Å². The highest BCUT2D eigenvalue weighted by Crippen LogP contribution is 2.26. The molecule has 110 valence electrons. The number of nitro benzene ring substituents is 1. The summed E-state index contributed by atoms with van der Waals surface area (Å²) >= 11 is 2.02. The monoisotopic (exact) mass is 402 g/mol. The van der Waals surface area contributed by atoms with Crippen molar-refractivity contribution in [1.82, 2.24) is 0 Å². The molecule has 1 N–H and O–H groups in total. The topological polar surface area (TPSA) is 64.4 Å². The fourth-order valence-corrected chi connectivity index (χ4v) is 2.51. The summed E-state index contributed by atoms with van der Waals surface area (Å²) in [7, 11) is 1.51. The van der Waals surface area contributed by atoms with Crippen LogP contribution in [0.1, 0.15) is 5.56 Å². The van der Waals surface area contributed by atoms with Crippen molar-refractivity contribution < 1.29 is 14.1 Å². The lowest BCUT2D eigenvalue weighted by Crippen LogP contribution is -2.04. The summed E-state index contributed by atoms with van der Waals surface area (Å²) in [5.41, 5.74) is 1.42. The van der Waals surface area contributed by atoms with Crippen LogP contribution in [0.2, 0.25) is 0 Å². The van der Waals surface area contributed by atoms with Gasteiger partial charge < -0.3 is 10.1 Å². The molecular formula is C14H12FIN2O3. The fraction of sp³-hybridized carbons (Fsp3) is 0.143. The number of ether oxygens (including phenoxy) is 1. The number of benzene rings is 2. The molecule has 0 unspecified atom stereocenters. The minimum Gasteiger partial charge on any atom is -0.496 e. The molecule has 0 spiro atoms. The molecule has 5 nitrogen and oxygen atoms in total. The Morgan fingerprint density at radius 1 is 1.33 bits per heavy atom. The molecule has 0 radical (unpaired) electrons. The molecule has 0 atom stereocenters. The van der Waals surface area contributed by atoms with E-state index < -0.39 is 4.92 Å². The minimum absolute atomic E-state index is 0.00130. The summed E-state index contributed by atoms with van der Waals surface area (Å²) in [4.78, 5) is 10.4. The third kappa shape index (κ3) is 3.81. The number of rotatable bonds is 5. The average molecular weight is 402 g/mol.